The fourth-order valence-corrected chi connectivity index (χ4v) is 1.66. The summed E-state index contributed by atoms with van der Waals surface area (Å²) in [6, 6.07) is 3.35. The number of nitrogens with one attached hydrogen (secondary N) is 1. The molecular weight excluding hydrogens is 238 g/mol. The number of aromatic nitrogens is 1. The minimum absolute atomic E-state index is 0.0139. The number of hydrogen-bond donors (Lipinski definition) is 2. The Morgan fingerprint density at radius 1 is 1.35 bits per heavy atom. The second-order valence-corrected chi connectivity index (χ2v) is 4.26. The summed E-state index contributed by atoms with van der Waals surface area (Å²) in [5.74, 6) is 0.0139. The predicted molar refractivity (Wildman–Crippen MR) is 70.0 cm³/mol. The van der Waals surface area contributed by atoms with E-state index in [1.165, 1.54) is 0 Å². The van der Waals surface area contributed by atoms with Gasteiger partial charge in [0.2, 0.25) is 5.91 Å². The minimum atomic E-state index is 0.0139. The van der Waals surface area contributed by atoms with Crippen LogP contribution in [-0.2, 0) is 4.79 Å². The van der Waals surface area contributed by atoms with Gasteiger partial charge in [0.05, 0.1) is 0 Å². The molecule has 0 spiro atoms. The zero-order valence-corrected chi connectivity index (χ0v) is 10.5. The van der Waals surface area contributed by atoms with Crippen LogP contribution in [0.1, 0.15) is 32.1 Å². The van der Waals surface area contributed by atoms with Gasteiger partial charge in [-0.3, -0.25) is 4.79 Å². The lowest BCUT2D eigenvalue weighted by atomic mass is 10.1. The fourth-order valence-electron chi connectivity index (χ4n) is 1.49. The van der Waals surface area contributed by atoms with E-state index in [9.17, 15) is 4.79 Å². The average molecular weight is 256 g/mol. The predicted octanol–water partition coefficient (Wildman–Crippen LogP) is 2.58. The van der Waals surface area contributed by atoms with Gasteiger partial charge in [0.1, 0.15) is 5.15 Å². The van der Waals surface area contributed by atoms with Crippen LogP contribution in [0.15, 0.2) is 18.3 Å². The molecule has 0 radical (unpaired) electrons. The number of carbonyl (C=O) groups is 1. The first-order valence-electron chi connectivity index (χ1n) is 5.84. The molecule has 1 aromatic rings. The number of carbonyl (C=O) groups excluding carboxylic acids is 1. The Labute approximate surface area is 107 Å². The minimum Gasteiger partial charge on any atom is -0.330 e. The Morgan fingerprint density at radius 3 is 2.82 bits per heavy atom. The van der Waals surface area contributed by atoms with Crippen molar-refractivity contribution >= 4 is 23.2 Å². The lowest BCUT2D eigenvalue weighted by Gasteiger charge is -2.05. The summed E-state index contributed by atoms with van der Waals surface area (Å²) in [5, 5.41) is 3.17. The van der Waals surface area contributed by atoms with Gasteiger partial charge in [-0.15, -0.1) is 0 Å². The highest BCUT2D eigenvalue weighted by Gasteiger charge is 2.02. The highest BCUT2D eigenvalue weighted by atomic mass is 35.5. The van der Waals surface area contributed by atoms with Crippen LogP contribution in [0.5, 0.6) is 0 Å². The molecule has 0 atom stereocenters. The summed E-state index contributed by atoms with van der Waals surface area (Å²) in [5.41, 5.74) is 6.08. The molecule has 4 nitrogen and oxygen atoms in total. The molecule has 0 saturated carbocycles. The van der Waals surface area contributed by atoms with E-state index in [0.29, 0.717) is 17.3 Å². The molecule has 0 fully saturated rings. The first-order chi connectivity index (χ1) is 8.22. The van der Waals surface area contributed by atoms with Crippen LogP contribution in [0.4, 0.5) is 5.69 Å². The number of hydrogen-bond acceptors (Lipinski definition) is 3. The Morgan fingerprint density at radius 2 is 2.12 bits per heavy atom. The van der Waals surface area contributed by atoms with Gasteiger partial charge in [-0.2, -0.15) is 0 Å². The molecule has 0 unspecified atom stereocenters. The van der Waals surface area contributed by atoms with E-state index >= 15 is 0 Å². The molecule has 5 heteroatoms. The van der Waals surface area contributed by atoms with Crippen molar-refractivity contribution in [1.82, 2.24) is 4.98 Å². The van der Waals surface area contributed by atoms with E-state index in [0.717, 1.165) is 32.2 Å². The van der Waals surface area contributed by atoms with Gasteiger partial charge in [-0.05, 0) is 31.5 Å². The van der Waals surface area contributed by atoms with Crippen molar-refractivity contribution in [3.8, 4) is 0 Å². The normalized spacial score (nSPS) is 10.2. The first-order valence-corrected chi connectivity index (χ1v) is 6.21. The quantitative estimate of drug-likeness (QED) is 0.581. The molecule has 0 saturated heterocycles. The summed E-state index contributed by atoms with van der Waals surface area (Å²) in [6.07, 6.45) is 6.16. The Kier molecular flexibility index (Phi) is 6.58. The van der Waals surface area contributed by atoms with Gasteiger partial charge in [0.25, 0.3) is 0 Å². The lowest BCUT2D eigenvalue weighted by Crippen LogP contribution is -2.11. The van der Waals surface area contributed by atoms with E-state index in [-0.39, 0.29) is 5.91 Å². The van der Waals surface area contributed by atoms with E-state index in [4.69, 9.17) is 17.3 Å². The molecule has 17 heavy (non-hydrogen) atoms. The van der Waals surface area contributed by atoms with E-state index < -0.39 is 0 Å². The third-order valence-corrected chi connectivity index (χ3v) is 2.57. The third-order valence-electron chi connectivity index (χ3n) is 2.37. The Bertz CT molecular complexity index is 357. The van der Waals surface area contributed by atoms with Crippen LogP contribution in [0.25, 0.3) is 0 Å². The van der Waals surface area contributed by atoms with Gasteiger partial charge < -0.3 is 11.1 Å². The zero-order chi connectivity index (χ0) is 12.5. The van der Waals surface area contributed by atoms with Crippen molar-refractivity contribution in [3.63, 3.8) is 0 Å². The maximum absolute atomic E-state index is 11.6. The number of anilines is 1. The van der Waals surface area contributed by atoms with Gasteiger partial charge in [0.15, 0.2) is 0 Å². The third kappa shape index (κ3) is 6.24. The summed E-state index contributed by atoms with van der Waals surface area (Å²) in [6.45, 7) is 0.724. The lowest BCUT2D eigenvalue weighted by molar-refractivity contribution is -0.116. The molecule has 1 amide bonds. The molecule has 0 aromatic carbocycles. The average Bonchev–Trinajstić information content (AvgIpc) is 2.29. The molecule has 1 rings (SSSR count). The maximum Gasteiger partial charge on any atom is 0.224 e. The largest absolute Gasteiger partial charge is 0.330 e. The molecule has 1 heterocycles. The van der Waals surface area contributed by atoms with Crippen molar-refractivity contribution in [2.24, 2.45) is 5.73 Å². The van der Waals surface area contributed by atoms with Crippen molar-refractivity contribution in [2.45, 2.75) is 32.1 Å². The summed E-state index contributed by atoms with van der Waals surface area (Å²) >= 11 is 5.72. The van der Waals surface area contributed by atoms with E-state index in [1.54, 1.807) is 18.3 Å². The highest BCUT2D eigenvalue weighted by molar-refractivity contribution is 6.29. The number of amides is 1. The molecular formula is C12H18ClN3O. The maximum atomic E-state index is 11.6. The van der Waals surface area contributed by atoms with Gasteiger partial charge in [-0.1, -0.05) is 24.4 Å². The highest BCUT2D eigenvalue weighted by Crippen LogP contribution is 2.12. The van der Waals surface area contributed by atoms with Crippen LogP contribution in [0.2, 0.25) is 5.15 Å². The number of nitrogens with two attached hydrogens (primary N) is 1. The molecule has 0 aliphatic carbocycles. The second kappa shape index (κ2) is 8.03. The molecule has 1 aromatic heterocycles. The van der Waals surface area contributed by atoms with Crippen molar-refractivity contribution in [1.29, 1.82) is 0 Å². The topological polar surface area (TPSA) is 68.0 Å². The molecule has 0 aliphatic heterocycles. The Balaban J connectivity index is 2.21. The van der Waals surface area contributed by atoms with Gasteiger partial charge in [0, 0.05) is 18.3 Å². The Hall–Kier alpha value is -1.13. The number of rotatable bonds is 7. The van der Waals surface area contributed by atoms with Crippen LogP contribution < -0.4 is 11.1 Å². The zero-order valence-electron chi connectivity index (χ0n) is 9.79. The standard InChI is InChI=1S/C12H18ClN3O/c13-11-9-10(6-8-15-11)16-12(17)5-3-1-2-4-7-14/h6,8-9H,1-5,7,14H2,(H,15,16,17). The van der Waals surface area contributed by atoms with Crippen LogP contribution >= 0.6 is 11.6 Å². The van der Waals surface area contributed by atoms with Crippen molar-refractivity contribution < 1.29 is 4.79 Å². The molecule has 3 N–H and O–H groups in total. The molecule has 94 valence electrons. The fraction of sp³-hybridized carbons (Fsp3) is 0.500. The number of halogens is 1. The first kappa shape index (κ1) is 13.9. The number of nitrogens with zero attached hydrogens (tertiary/aromatic N) is 1. The summed E-state index contributed by atoms with van der Waals surface area (Å²) < 4.78 is 0. The monoisotopic (exact) mass is 255 g/mol. The van der Waals surface area contributed by atoms with Crippen LogP contribution in [0.3, 0.4) is 0 Å². The SMILES string of the molecule is NCCCCCCC(=O)Nc1ccnc(Cl)c1. The van der Waals surface area contributed by atoms with Crippen LogP contribution in [0, 0.1) is 0 Å². The van der Waals surface area contributed by atoms with Gasteiger partial charge in [-0.25, -0.2) is 4.98 Å². The smallest absolute Gasteiger partial charge is 0.224 e. The second-order valence-electron chi connectivity index (χ2n) is 3.87. The van der Waals surface area contributed by atoms with Crippen molar-refractivity contribution in [2.75, 3.05) is 11.9 Å². The number of pyridine rings is 1. The van der Waals surface area contributed by atoms with E-state index in [2.05, 4.69) is 10.3 Å². The van der Waals surface area contributed by atoms with Crippen LogP contribution in [-0.4, -0.2) is 17.4 Å². The van der Waals surface area contributed by atoms with Gasteiger partial charge >= 0.3 is 0 Å². The molecule has 0 aliphatic rings. The molecule has 0 bridgehead atoms. The summed E-state index contributed by atoms with van der Waals surface area (Å²) in [4.78, 5) is 15.4. The summed E-state index contributed by atoms with van der Waals surface area (Å²) in [7, 11) is 0. The van der Waals surface area contributed by atoms with E-state index in [1.807, 2.05) is 0 Å². The number of unbranched alkanes of at least 4 members (excludes halogenated alkanes) is 3. The van der Waals surface area contributed by atoms with Crippen molar-refractivity contribution in [3.05, 3.63) is 23.5 Å².